The zero-order valence-corrected chi connectivity index (χ0v) is 18.7. The predicted octanol–water partition coefficient (Wildman–Crippen LogP) is 4.97. The number of hydrogen-bond donors (Lipinski definition) is 2. The molecule has 1 unspecified atom stereocenters. The first-order valence-corrected chi connectivity index (χ1v) is 10.1. The van der Waals surface area contributed by atoms with E-state index in [1.807, 2.05) is 6.07 Å². The summed E-state index contributed by atoms with van der Waals surface area (Å²) in [6.45, 7) is 1.69. The summed E-state index contributed by atoms with van der Waals surface area (Å²) in [6, 6.07) is 16.2. The highest BCUT2D eigenvalue weighted by Gasteiger charge is 2.32. The van der Waals surface area contributed by atoms with E-state index in [0.717, 1.165) is 12.1 Å². The van der Waals surface area contributed by atoms with E-state index in [9.17, 15) is 22.8 Å². The quantitative estimate of drug-likeness (QED) is 0.271. The van der Waals surface area contributed by atoms with Crippen LogP contribution in [-0.4, -0.2) is 0 Å². The summed E-state index contributed by atoms with van der Waals surface area (Å²) in [5.41, 5.74) is 2.60. The average Bonchev–Trinajstić information content (AvgIpc) is 2.83. The van der Waals surface area contributed by atoms with Crippen molar-refractivity contribution in [2.75, 3.05) is 5.48 Å². The fourth-order valence-corrected chi connectivity index (χ4v) is 3.50. The minimum Gasteiger partial charge on any atom is -0.377 e. The first-order chi connectivity index (χ1) is 15.8. The molecule has 0 aliphatic heterocycles. The molecule has 34 heavy (non-hydrogen) atoms. The molecule has 4 rings (SSSR count). The molecular formula is C25H20ClF3N2O3. The van der Waals surface area contributed by atoms with Gasteiger partial charge in [-0.15, -0.1) is 12.4 Å². The van der Waals surface area contributed by atoms with Crippen LogP contribution in [0.5, 0.6) is 5.75 Å². The molecule has 0 aromatic heterocycles. The van der Waals surface area contributed by atoms with Crippen molar-refractivity contribution in [2.45, 2.75) is 19.0 Å². The van der Waals surface area contributed by atoms with Gasteiger partial charge in [0.15, 0.2) is 11.6 Å². The summed E-state index contributed by atoms with van der Waals surface area (Å²) in [6.07, 6.45) is 0. The fraction of sp³-hybridized carbons (Fsp3) is 0.120. The summed E-state index contributed by atoms with van der Waals surface area (Å²) in [5.74, 6) is -2.64. The van der Waals surface area contributed by atoms with E-state index in [1.54, 1.807) is 31.2 Å². The van der Waals surface area contributed by atoms with Gasteiger partial charge in [-0.2, -0.15) is 0 Å². The average molecular weight is 489 g/mol. The van der Waals surface area contributed by atoms with E-state index in [-0.39, 0.29) is 23.7 Å². The zero-order chi connectivity index (χ0) is 23.5. The van der Waals surface area contributed by atoms with Crippen LogP contribution in [-0.2, 0) is 0 Å². The van der Waals surface area contributed by atoms with Crippen molar-refractivity contribution in [3.63, 3.8) is 0 Å². The van der Waals surface area contributed by atoms with Gasteiger partial charge in [0.05, 0.1) is 17.3 Å². The Bertz CT molecular complexity index is 1340. The van der Waals surface area contributed by atoms with Crippen molar-refractivity contribution >= 4 is 18.1 Å². The highest BCUT2D eigenvalue weighted by molar-refractivity contribution is 5.85. The molecule has 9 heteroatoms. The second kappa shape index (κ2) is 10.5. The predicted molar refractivity (Wildman–Crippen MR) is 125 cm³/mol. The van der Waals surface area contributed by atoms with Crippen molar-refractivity contribution in [1.82, 2.24) is 5.32 Å². The van der Waals surface area contributed by atoms with Crippen molar-refractivity contribution in [3.8, 4) is 5.75 Å². The van der Waals surface area contributed by atoms with Crippen LogP contribution in [0.4, 0.5) is 18.9 Å². The van der Waals surface area contributed by atoms with Gasteiger partial charge in [-0.05, 0) is 54.4 Å². The number of hydrogen-bond acceptors (Lipinski definition) is 5. The van der Waals surface area contributed by atoms with Crippen LogP contribution in [0.3, 0.4) is 0 Å². The molecule has 0 fully saturated rings. The van der Waals surface area contributed by atoms with E-state index in [2.05, 4.69) is 10.8 Å². The van der Waals surface area contributed by atoms with Gasteiger partial charge in [-0.3, -0.25) is 14.9 Å². The Kier molecular flexibility index (Phi) is 7.75. The number of anilines is 1. The Morgan fingerprint density at radius 1 is 0.794 bits per heavy atom. The minimum atomic E-state index is -1.01. The topological polar surface area (TPSA) is 67.4 Å². The summed E-state index contributed by atoms with van der Waals surface area (Å²) in [5, 5.41) is 3.15. The number of halogens is 4. The van der Waals surface area contributed by atoms with Gasteiger partial charge < -0.3 is 4.84 Å². The van der Waals surface area contributed by atoms with Crippen molar-refractivity contribution < 1.29 is 18.0 Å². The Hall–Kier alpha value is -3.62. The standard InChI is InChI=1S/C25H19F3N2O3.ClH/c1-14(16-9-12-19(27)20(28)13-16)29-22(15-7-10-17(26)11-8-15)21-23(31)24(32)25(21)33-30-18-5-3-2-4-6-18;/h2-14,22,29-30H,1H3;1H/t14-,22?;/m1./s1. The van der Waals surface area contributed by atoms with Gasteiger partial charge in [-0.25, -0.2) is 18.7 Å². The lowest BCUT2D eigenvalue weighted by Crippen LogP contribution is -2.43. The molecule has 0 amide bonds. The fourth-order valence-electron chi connectivity index (χ4n) is 3.50. The molecule has 176 valence electrons. The SMILES string of the molecule is C[C@@H](NC(c1ccc(F)cc1)c1c(ONc2ccccc2)c(=O)c1=O)c1ccc(F)c(F)c1.Cl. The monoisotopic (exact) mass is 488 g/mol. The third kappa shape index (κ3) is 5.13. The molecule has 0 saturated heterocycles. The van der Waals surface area contributed by atoms with Crippen molar-refractivity contribution in [1.29, 1.82) is 0 Å². The molecule has 0 aliphatic carbocycles. The van der Waals surface area contributed by atoms with E-state index in [1.165, 1.54) is 30.3 Å². The van der Waals surface area contributed by atoms with Gasteiger partial charge in [0.2, 0.25) is 11.2 Å². The maximum absolute atomic E-state index is 13.7. The molecule has 4 aromatic rings. The third-order valence-corrected chi connectivity index (χ3v) is 5.30. The highest BCUT2D eigenvalue weighted by atomic mass is 35.5. The van der Waals surface area contributed by atoms with Gasteiger partial charge in [0.1, 0.15) is 5.82 Å². The highest BCUT2D eigenvalue weighted by Crippen LogP contribution is 2.30. The first-order valence-electron chi connectivity index (χ1n) is 10.1. The van der Waals surface area contributed by atoms with Crippen LogP contribution in [0.15, 0.2) is 82.4 Å². The van der Waals surface area contributed by atoms with Crippen LogP contribution in [0, 0.1) is 17.5 Å². The summed E-state index contributed by atoms with van der Waals surface area (Å²) in [4.78, 5) is 30.3. The molecule has 0 aliphatic rings. The summed E-state index contributed by atoms with van der Waals surface area (Å²) in [7, 11) is 0. The molecule has 0 heterocycles. The van der Waals surface area contributed by atoms with Crippen LogP contribution in [0.1, 0.15) is 35.7 Å². The number of nitrogens with one attached hydrogen (secondary N) is 2. The Morgan fingerprint density at radius 2 is 1.44 bits per heavy atom. The van der Waals surface area contributed by atoms with E-state index in [4.69, 9.17) is 4.84 Å². The van der Waals surface area contributed by atoms with Crippen LogP contribution in [0.25, 0.3) is 0 Å². The molecule has 0 saturated carbocycles. The molecule has 0 radical (unpaired) electrons. The van der Waals surface area contributed by atoms with Gasteiger partial charge in [0.25, 0.3) is 5.43 Å². The van der Waals surface area contributed by atoms with E-state index < -0.39 is 40.4 Å². The maximum atomic E-state index is 13.7. The van der Waals surface area contributed by atoms with Crippen LogP contribution >= 0.6 is 12.4 Å². The van der Waals surface area contributed by atoms with E-state index >= 15 is 0 Å². The Balaban J connectivity index is 0.00000324. The summed E-state index contributed by atoms with van der Waals surface area (Å²) < 4.78 is 40.6. The molecular weight excluding hydrogens is 469 g/mol. The van der Waals surface area contributed by atoms with Crippen molar-refractivity contribution in [2.24, 2.45) is 0 Å². The molecule has 2 N–H and O–H groups in total. The molecule has 0 spiro atoms. The summed E-state index contributed by atoms with van der Waals surface area (Å²) >= 11 is 0. The number of para-hydroxylation sites is 1. The largest absolute Gasteiger partial charge is 0.377 e. The van der Waals surface area contributed by atoms with Crippen LogP contribution < -0.4 is 26.5 Å². The molecule has 2 atom stereocenters. The lowest BCUT2D eigenvalue weighted by atomic mass is 9.92. The Morgan fingerprint density at radius 3 is 2.09 bits per heavy atom. The van der Waals surface area contributed by atoms with Gasteiger partial charge >= 0.3 is 0 Å². The third-order valence-electron chi connectivity index (χ3n) is 5.30. The lowest BCUT2D eigenvalue weighted by molar-refractivity contribution is 0.379. The number of benzene rings is 3. The molecule has 5 nitrogen and oxygen atoms in total. The van der Waals surface area contributed by atoms with Gasteiger partial charge in [-0.1, -0.05) is 36.4 Å². The zero-order valence-electron chi connectivity index (χ0n) is 17.8. The van der Waals surface area contributed by atoms with Crippen LogP contribution in [0.2, 0.25) is 0 Å². The Labute approximate surface area is 199 Å². The smallest absolute Gasteiger partial charge is 0.271 e. The first kappa shape index (κ1) is 25.0. The lowest BCUT2D eigenvalue weighted by Gasteiger charge is -2.26. The normalized spacial score (nSPS) is 12.6. The van der Waals surface area contributed by atoms with Crippen molar-refractivity contribution in [3.05, 3.63) is 127 Å². The number of rotatable bonds is 8. The molecule has 4 aromatic carbocycles. The maximum Gasteiger partial charge on any atom is 0.271 e. The van der Waals surface area contributed by atoms with Gasteiger partial charge in [0, 0.05) is 6.04 Å². The second-order valence-corrected chi connectivity index (χ2v) is 7.52. The van der Waals surface area contributed by atoms with E-state index in [0.29, 0.717) is 16.8 Å². The molecule has 0 bridgehead atoms. The second-order valence-electron chi connectivity index (χ2n) is 7.52. The minimum absolute atomic E-state index is 0.